The second-order valence-corrected chi connectivity index (χ2v) is 7.51. The number of nitrogens with one attached hydrogen (secondary N) is 1. The second kappa shape index (κ2) is 5.47. The summed E-state index contributed by atoms with van der Waals surface area (Å²) in [5.74, 6) is 1.04. The highest BCUT2D eigenvalue weighted by Crippen LogP contribution is 2.40. The number of hydrogen-bond donors (Lipinski definition) is 1. The number of rotatable bonds is 4. The molecule has 3 rings (SSSR count). The van der Waals surface area contributed by atoms with Crippen LogP contribution in [0.4, 0.5) is 0 Å². The Hall–Kier alpha value is -1.32. The van der Waals surface area contributed by atoms with E-state index in [4.69, 9.17) is 4.74 Å². The molecule has 2 aromatic rings. The summed E-state index contributed by atoms with van der Waals surface area (Å²) in [6.45, 7) is 7.48. The van der Waals surface area contributed by atoms with Crippen LogP contribution in [0.2, 0.25) is 0 Å². The topological polar surface area (TPSA) is 21.3 Å². The minimum atomic E-state index is 0.105. The predicted molar refractivity (Wildman–Crippen MR) is 89.6 cm³/mol. The first kappa shape index (κ1) is 14.6. The molecule has 0 spiro atoms. The van der Waals surface area contributed by atoms with Crippen molar-refractivity contribution in [1.29, 1.82) is 0 Å². The van der Waals surface area contributed by atoms with Gasteiger partial charge in [0.25, 0.3) is 0 Å². The molecule has 21 heavy (non-hydrogen) atoms. The second-order valence-electron chi connectivity index (χ2n) is 6.31. The van der Waals surface area contributed by atoms with Crippen LogP contribution >= 0.6 is 11.3 Å². The Kier molecular flexibility index (Phi) is 3.80. The van der Waals surface area contributed by atoms with Gasteiger partial charge in [0.15, 0.2) is 0 Å². The van der Waals surface area contributed by atoms with Crippen molar-refractivity contribution in [2.45, 2.75) is 38.6 Å². The standard InChI is InChI=1S/C18H23NOS/c1-5-13-7-9-16(21-13)17(19-4)12-6-8-15-14(10-12)18(2,3)11-20-15/h6-10,17,19H,5,11H2,1-4H3. The van der Waals surface area contributed by atoms with E-state index >= 15 is 0 Å². The molecule has 2 nitrogen and oxygen atoms in total. The molecule has 2 heterocycles. The lowest BCUT2D eigenvalue weighted by Crippen LogP contribution is -2.20. The normalized spacial score (nSPS) is 17.3. The van der Waals surface area contributed by atoms with Gasteiger partial charge < -0.3 is 10.1 Å². The van der Waals surface area contributed by atoms with Gasteiger partial charge in [-0.15, -0.1) is 11.3 Å². The first-order valence-corrected chi connectivity index (χ1v) is 8.40. The highest BCUT2D eigenvalue weighted by Gasteiger charge is 2.32. The van der Waals surface area contributed by atoms with E-state index in [1.165, 1.54) is 20.9 Å². The molecule has 0 saturated carbocycles. The quantitative estimate of drug-likeness (QED) is 0.909. The Balaban J connectivity index is 1.98. The van der Waals surface area contributed by atoms with Gasteiger partial charge in [-0.2, -0.15) is 0 Å². The molecule has 1 aliphatic rings. The van der Waals surface area contributed by atoms with E-state index in [1.807, 2.05) is 18.4 Å². The van der Waals surface area contributed by atoms with Crippen LogP contribution in [0.5, 0.6) is 5.75 Å². The molecule has 0 saturated heterocycles. The van der Waals surface area contributed by atoms with Crippen molar-refractivity contribution in [2.24, 2.45) is 0 Å². The number of benzene rings is 1. The summed E-state index contributed by atoms with van der Waals surface area (Å²) in [7, 11) is 2.03. The SMILES string of the molecule is CCc1ccc(C(NC)c2ccc3c(c2)C(C)(C)CO3)s1. The van der Waals surface area contributed by atoms with Gasteiger partial charge in [0.2, 0.25) is 0 Å². The summed E-state index contributed by atoms with van der Waals surface area (Å²) in [5.41, 5.74) is 2.75. The van der Waals surface area contributed by atoms with Crippen LogP contribution in [-0.2, 0) is 11.8 Å². The van der Waals surface area contributed by atoms with E-state index in [1.54, 1.807) is 0 Å². The Morgan fingerprint density at radius 2 is 2.10 bits per heavy atom. The molecule has 0 amide bonds. The fourth-order valence-electron chi connectivity index (χ4n) is 2.93. The van der Waals surface area contributed by atoms with Crippen molar-refractivity contribution >= 4 is 11.3 Å². The van der Waals surface area contributed by atoms with Gasteiger partial charge in [-0.3, -0.25) is 0 Å². The van der Waals surface area contributed by atoms with E-state index in [0.717, 1.165) is 18.8 Å². The molecule has 1 aromatic carbocycles. The van der Waals surface area contributed by atoms with Gasteiger partial charge in [0, 0.05) is 20.7 Å². The summed E-state index contributed by atoms with van der Waals surface area (Å²) >= 11 is 1.90. The van der Waals surface area contributed by atoms with Crippen LogP contribution in [0, 0.1) is 0 Å². The predicted octanol–water partition coefficient (Wildman–Crippen LogP) is 4.29. The molecule has 0 radical (unpaired) electrons. The highest BCUT2D eigenvalue weighted by molar-refractivity contribution is 7.12. The molecular weight excluding hydrogens is 278 g/mol. The van der Waals surface area contributed by atoms with Crippen molar-refractivity contribution in [2.75, 3.05) is 13.7 Å². The van der Waals surface area contributed by atoms with Crippen molar-refractivity contribution in [3.05, 3.63) is 51.2 Å². The Labute approximate surface area is 131 Å². The zero-order chi connectivity index (χ0) is 15.0. The Bertz CT molecular complexity index is 644. The Morgan fingerprint density at radius 1 is 1.29 bits per heavy atom. The van der Waals surface area contributed by atoms with E-state index in [0.29, 0.717) is 0 Å². The molecular formula is C18H23NOS. The number of aryl methyl sites for hydroxylation is 1. The first-order chi connectivity index (χ1) is 10.0. The lowest BCUT2D eigenvalue weighted by Gasteiger charge is -2.19. The summed E-state index contributed by atoms with van der Waals surface area (Å²) in [6.07, 6.45) is 1.10. The van der Waals surface area contributed by atoms with Gasteiger partial charge in [0.1, 0.15) is 5.75 Å². The average molecular weight is 301 g/mol. The molecule has 1 N–H and O–H groups in total. The van der Waals surface area contributed by atoms with Crippen molar-refractivity contribution in [3.63, 3.8) is 0 Å². The van der Waals surface area contributed by atoms with Crippen molar-refractivity contribution in [1.82, 2.24) is 5.32 Å². The molecule has 3 heteroatoms. The summed E-state index contributed by atoms with van der Waals surface area (Å²) in [6, 6.07) is 11.4. The Morgan fingerprint density at radius 3 is 2.76 bits per heavy atom. The third-order valence-electron chi connectivity index (χ3n) is 4.26. The molecule has 1 aromatic heterocycles. The summed E-state index contributed by atoms with van der Waals surface area (Å²) in [5, 5.41) is 3.46. The van der Waals surface area contributed by atoms with Crippen LogP contribution in [0.15, 0.2) is 30.3 Å². The van der Waals surface area contributed by atoms with E-state index < -0.39 is 0 Å². The molecule has 112 valence electrons. The maximum Gasteiger partial charge on any atom is 0.123 e. The van der Waals surface area contributed by atoms with Crippen molar-refractivity contribution < 1.29 is 4.74 Å². The minimum Gasteiger partial charge on any atom is -0.492 e. The average Bonchev–Trinajstić information content (AvgIpc) is 3.06. The van der Waals surface area contributed by atoms with Crippen LogP contribution in [-0.4, -0.2) is 13.7 Å². The maximum atomic E-state index is 5.79. The van der Waals surface area contributed by atoms with Crippen LogP contribution in [0.3, 0.4) is 0 Å². The van der Waals surface area contributed by atoms with Gasteiger partial charge in [-0.25, -0.2) is 0 Å². The van der Waals surface area contributed by atoms with E-state index in [-0.39, 0.29) is 11.5 Å². The van der Waals surface area contributed by atoms with Gasteiger partial charge in [-0.1, -0.05) is 26.8 Å². The zero-order valence-corrected chi connectivity index (χ0v) is 14.0. The van der Waals surface area contributed by atoms with Crippen LogP contribution < -0.4 is 10.1 Å². The zero-order valence-electron chi connectivity index (χ0n) is 13.2. The van der Waals surface area contributed by atoms with E-state index in [9.17, 15) is 0 Å². The number of hydrogen-bond acceptors (Lipinski definition) is 3. The molecule has 1 atom stereocenters. The van der Waals surface area contributed by atoms with Crippen molar-refractivity contribution in [3.8, 4) is 5.75 Å². The molecule has 1 aliphatic heterocycles. The molecule has 0 bridgehead atoms. The number of ether oxygens (including phenoxy) is 1. The van der Waals surface area contributed by atoms with Crippen LogP contribution in [0.25, 0.3) is 0 Å². The molecule has 1 unspecified atom stereocenters. The minimum absolute atomic E-state index is 0.105. The smallest absolute Gasteiger partial charge is 0.123 e. The summed E-state index contributed by atoms with van der Waals surface area (Å²) < 4.78 is 5.79. The maximum absolute atomic E-state index is 5.79. The first-order valence-electron chi connectivity index (χ1n) is 7.58. The fourth-order valence-corrected chi connectivity index (χ4v) is 4.02. The fraction of sp³-hybridized carbons (Fsp3) is 0.444. The monoisotopic (exact) mass is 301 g/mol. The molecule has 0 fully saturated rings. The largest absolute Gasteiger partial charge is 0.492 e. The summed E-state index contributed by atoms with van der Waals surface area (Å²) in [4.78, 5) is 2.82. The number of fused-ring (bicyclic) bond motifs is 1. The third-order valence-corrected chi connectivity index (χ3v) is 5.55. The van der Waals surface area contributed by atoms with Gasteiger partial charge in [-0.05, 0) is 43.3 Å². The highest BCUT2D eigenvalue weighted by atomic mass is 32.1. The lowest BCUT2D eigenvalue weighted by atomic mass is 9.85. The molecule has 0 aliphatic carbocycles. The van der Waals surface area contributed by atoms with Crippen LogP contribution in [0.1, 0.15) is 47.7 Å². The third kappa shape index (κ3) is 2.60. The number of thiophene rings is 1. The van der Waals surface area contributed by atoms with Gasteiger partial charge >= 0.3 is 0 Å². The van der Waals surface area contributed by atoms with Gasteiger partial charge in [0.05, 0.1) is 12.6 Å². The van der Waals surface area contributed by atoms with E-state index in [2.05, 4.69) is 56.4 Å². The lowest BCUT2D eigenvalue weighted by molar-refractivity contribution is 0.291.